The third-order valence-corrected chi connectivity index (χ3v) is 2.38. The zero-order valence-corrected chi connectivity index (χ0v) is 9.19. The van der Waals surface area contributed by atoms with Crippen molar-refractivity contribution in [2.24, 2.45) is 0 Å². The van der Waals surface area contributed by atoms with Crippen molar-refractivity contribution in [3.8, 4) is 5.82 Å². The smallest absolute Gasteiger partial charge is 0.296 e. The molecular weight excluding hydrogens is 206 g/mol. The van der Waals surface area contributed by atoms with Crippen molar-refractivity contribution in [3.05, 3.63) is 34.1 Å². The lowest BCUT2D eigenvalue weighted by Gasteiger charge is -2.00. The minimum absolute atomic E-state index is 0.249. The van der Waals surface area contributed by atoms with Crippen LogP contribution in [0, 0.1) is 6.92 Å². The number of aromatic amines is 1. The van der Waals surface area contributed by atoms with E-state index in [1.54, 1.807) is 6.07 Å². The summed E-state index contributed by atoms with van der Waals surface area (Å²) in [4.78, 5) is 19.8. The zero-order valence-electron chi connectivity index (χ0n) is 9.19. The molecule has 6 heteroatoms. The average molecular weight is 219 g/mol. The van der Waals surface area contributed by atoms with Gasteiger partial charge in [0.2, 0.25) is 0 Å². The molecule has 0 bridgehead atoms. The zero-order chi connectivity index (χ0) is 11.7. The molecule has 0 aliphatic rings. The summed E-state index contributed by atoms with van der Waals surface area (Å²) >= 11 is 0. The number of nitrogens with zero attached hydrogens (tertiary/aromatic N) is 3. The molecule has 16 heavy (non-hydrogen) atoms. The van der Waals surface area contributed by atoms with E-state index in [9.17, 15) is 4.79 Å². The minimum Gasteiger partial charge on any atom is -0.393 e. The highest BCUT2D eigenvalue weighted by Gasteiger charge is 2.11. The number of aromatic nitrogens is 4. The first-order chi connectivity index (χ1) is 7.63. The molecular formula is C10H13N5O. The Morgan fingerprint density at radius 3 is 2.81 bits per heavy atom. The van der Waals surface area contributed by atoms with Gasteiger partial charge in [0.25, 0.3) is 5.56 Å². The number of H-pyrrole nitrogens is 1. The maximum atomic E-state index is 11.8. The van der Waals surface area contributed by atoms with Crippen LogP contribution in [0.4, 0.5) is 5.69 Å². The van der Waals surface area contributed by atoms with Gasteiger partial charge >= 0.3 is 0 Å². The fourth-order valence-electron chi connectivity index (χ4n) is 1.49. The molecule has 0 aromatic carbocycles. The molecule has 2 heterocycles. The van der Waals surface area contributed by atoms with Crippen molar-refractivity contribution in [2.45, 2.75) is 20.3 Å². The molecule has 2 aromatic heterocycles. The van der Waals surface area contributed by atoms with Crippen LogP contribution in [0.2, 0.25) is 0 Å². The second-order valence-electron chi connectivity index (χ2n) is 3.52. The average Bonchev–Trinajstić information content (AvgIpc) is 2.56. The van der Waals surface area contributed by atoms with Gasteiger partial charge in [0, 0.05) is 11.8 Å². The Labute approximate surface area is 92.1 Å². The number of nitrogens with two attached hydrogens (primary N) is 1. The highest BCUT2D eigenvalue weighted by atomic mass is 16.1. The SMILES string of the molecule is CCc1[nH]n(-c2cc(C)ncn2)c(=O)c1N. The molecule has 84 valence electrons. The van der Waals surface area contributed by atoms with Crippen molar-refractivity contribution in [1.29, 1.82) is 0 Å². The van der Waals surface area contributed by atoms with Crippen molar-refractivity contribution in [3.63, 3.8) is 0 Å². The van der Waals surface area contributed by atoms with E-state index < -0.39 is 0 Å². The van der Waals surface area contributed by atoms with Crippen LogP contribution in [0.25, 0.3) is 5.82 Å². The molecule has 0 spiro atoms. The van der Waals surface area contributed by atoms with Gasteiger partial charge in [0.1, 0.15) is 12.0 Å². The van der Waals surface area contributed by atoms with Gasteiger partial charge in [-0.25, -0.2) is 9.97 Å². The van der Waals surface area contributed by atoms with Crippen molar-refractivity contribution >= 4 is 5.69 Å². The predicted molar refractivity (Wildman–Crippen MR) is 60.5 cm³/mol. The molecule has 6 nitrogen and oxygen atoms in total. The summed E-state index contributed by atoms with van der Waals surface area (Å²) in [5, 5.41) is 2.93. The van der Waals surface area contributed by atoms with Crippen molar-refractivity contribution in [1.82, 2.24) is 19.7 Å². The number of rotatable bonds is 2. The fraction of sp³-hybridized carbons (Fsp3) is 0.300. The van der Waals surface area contributed by atoms with Gasteiger partial charge < -0.3 is 5.73 Å². The summed E-state index contributed by atoms with van der Waals surface area (Å²) in [6.45, 7) is 3.76. The number of anilines is 1. The summed E-state index contributed by atoms with van der Waals surface area (Å²) in [6.07, 6.45) is 2.10. The van der Waals surface area contributed by atoms with Crippen molar-refractivity contribution in [2.75, 3.05) is 5.73 Å². The Morgan fingerprint density at radius 1 is 1.50 bits per heavy atom. The van der Waals surface area contributed by atoms with E-state index in [1.165, 1.54) is 11.0 Å². The number of hydrogen-bond donors (Lipinski definition) is 2. The Balaban J connectivity index is 2.61. The molecule has 0 saturated carbocycles. The predicted octanol–water partition coefficient (Wildman–Crippen LogP) is 0.409. The van der Waals surface area contributed by atoms with Crippen LogP contribution in [0.3, 0.4) is 0 Å². The van der Waals surface area contributed by atoms with Crippen LogP contribution in [0.15, 0.2) is 17.2 Å². The van der Waals surface area contributed by atoms with Gasteiger partial charge in [-0.1, -0.05) is 6.92 Å². The molecule has 0 amide bonds. The van der Waals surface area contributed by atoms with E-state index >= 15 is 0 Å². The highest BCUT2D eigenvalue weighted by Crippen LogP contribution is 2.07. The Kier molecular flexibility index (Phi) is 2.47. The normalized spacial score (nSPS) is 10.6. The molecule has 0 atom stereocenters. The molecule has 0 fully saturated rings. The van der Waals surface area contributed by atoms with Gasteiger partial charge in [-0.15, -0.1) is 0 Å². The summed E-state index contributed by atoms with van der Waals surface area (Å²) in [5.41, 5.74) is 7.18. The number of aryl methyl sites for hydroxylation is 2. The standard InChI is InChI=1S/C10H13N5O/c1-3-7-9(11)10(16)15(14-7)8-4-6(2)12-5-13-8/h4-5,14H,3,11H2,1-2H3. The van der Waals surface area contributed by atoms with Gasteiger partial charge in [-0.05, 0) is 13.3 Å². The van der Waals surface area contributed by atoms with Crippen LogP contribution in [-0.4, -0.2) is 19.7 Å². The van der Waals surface area contributed by atoms with E-state index in [4.69, 9.17) is 5.73 Å². The molecule has 0 radical (unpaired) electrons. The first kappa shape index (κ1) is 10.4. The van der Waals surface area contributed by atoms with E-state index in [0.717, 1.165) is 11.4 Å². The highest BCUT2D eigenvalue weighted by molar-refractivity contribution is 5.43. The first-order valence-electron chi connectivity index (χ1n) is 5.02. The maximum Gasteiger partial charge on any atom is 0.296 e. The Morgan fingerprint density at radius 2 is 2.25 bits per heavy atom. The van der Waals surface area contributed by atoms with Crippen LogP contribution in [0.5, 0.6) is 0 Å². The second kappa shape index (κ2) is 3.80. The van der Waals surface area contributed by atoms with Gasteiger partial charge in [0.15, 0.2) is 5.82 Å². The largest absolute Gasteiger partial charge is 0.393 e. The lowest BCUT2D eigenvalue weighted by atomic mass is 10.3. The maximum absolute atomic E-state index is 11.8. The van der Waals surface area contributed by atoms with Gasteiger partial charge in [-0.3, -0.25) is 9.89 Å². The second-order valence-corrected chi connectivity index (χ2v) is 3.52. The van der Waals surface area contributed by atoms with E-state index in [-0.39, 0.29) is 11.2 Å². The Bertz CT molecular complexity index is 569. The van der Waals surface area contributed by atoms with Crippen LogP contribution in [0.1, 0.15) is 18.3 Å². The minimum atomic E-state index is -0.269. The number of hydrogen-bond acceptors (Lipinski definition) is 4. The van der Waals surface area contributed by atoms with Crippen LogP contribution >= 0.6 is 0 Å². The fourth-order valence-corrected chi connectivity index (χ4v) is 1.49. The quantitative estimate of drug-likeness (QED) is 0.765. The molecule has 0 unspecified atom stereocenters. The van der Waals surface area contributed by atoms with Gasteiger partial charge in [0.05, 0.1) is 5.69 Å². The first-order valence-corrected chi connectivity index (χ1v) is 5.02. The van der Waals surface area contributed by atoms with Crippen LogP contribution < -0.4 is 11.3 Å². The summed E-state index contributed by atoms with van der Waals surface area (Å²) in [5.74, 6) is 0.504. The molecule has 0 saturated heterocycles. The topological polar surface area (TPSA) is 89.6 Å². The number of nitrogen functional groups attached to an aromatic ring is 1. The van der Waals surface area contributed by atoms with E-state index in [0.29, 0.717) is 12.2 Å². The third-order valence-electron chi connectivity index (χ3n) is 2.38. The third kappa shape index (κ3) is 1.58. The van der Waals surface area contributed by atoms with Gasteiger partial charge in [-0.2, -0.15) is 4.68 Å². The van der Waals surface area contributed by atoms with Crippen LogP contribution in [-0.2, 0) is 6.42 Å². The molecule has 3 N–H and O–H groups in total. The molecule has 2 rings (SSSR count). The Hall–Kier alpha value is -2.11. The summed E-state index contributed by atoms with van der Waals surface area (Å²) in [7, 11) is 0. The molecule has 0 aliphatic carbocycles. The lowest BCUT2D eigenvalue weighted by Crippen LogP contribution is -2.18. The monoisotopic (exact) mass is 219 g/mol. The number of nitrogens with one attached hydrogen (secondary N) is 1. The molecule has 0 aliphatic heterocycles. The summed E-state index contributed by atoms with van der Waals surface area (Å²) < 4.78 is 1.34. The van der Waals surface area contributed by atoms with E-state index in [2.05, 4.69) is 15.1 Å². The molecule has 2 aromatic rings. The van der Waals surface area contributed by atoms with E-state index in [1.807, 2.05) is 13.8 Å². The lowest BCUT2D eigenvalue weighted by molar-refractivity contribution is 0.787. The summed E-state index contributed by atoms with van der Waals surface area (Å²) in [6, 6.07) is 1.72. The van der Waals surface area contributed by atoms with Crippen molar-refractivity contribution < 1.29 is 0 Å².